The van der Waals surface area contributed by atoms with Gasteiger partial charge in [-0.25, -0.2) is 15.0 Å². The van der Waals surface area contributed by atoms with E-state index in [1.807, 2.05) is 6.92 Å². The first-order valence-electron chi connectivity index (χ1n) is 5.48. The molecule has 0 saturated heterocycles. The summed E-state index contributed by atoms with van der Waals surface area (Å²) >= 11 is 4.79. The molecule has 0 spiro atoms. The minimum Gasteiger partial charge on any atom is -0.444 e. The number of oxazole rings is 1. The van der Waals surface area contributed by atoms with E-state index >= 15 is 0 Å². The normalized spacial score (nSPS) is 10.3. The van der Waals surface area contributed by atoms with Crippen molar-refractivity contribution in [2.45, 2.75) is 19.9 Å². The number of rotatable bonds is 5. The van der Waals surface area contributed by atoms with E-state index in [2.05, 4.69) is 20.3 Å². The quantitative estimate of drug-likeness (QED) is 0.785. The fourth-order valence-corrected chi connectivity index (χ4v) is 1.41. The van der Waals surface area contributed by atoms with Crippen LogP contribution in [0.2, 0.25) is 0 Å². The first-order valence-corrected chi connectivity index (χ1v) is 5.89. The van der Waals surface area contributed by atoms with E-state index in [0.29, 0.717) is 23.9 Å². The van der Waals surface area contributed by atoms with Crippen LogP contribution in [0.3, 0.4) is 0 Å². The SMILES string of the molecule is CCc1cnc(CNc2cnc(C(N)=S)cn2)o1. The lowest BCUT2D eigenvalue weighted by Crippen LogP contribution is -2.12. The van der Waals surface area contributed by atoms with Crippen LogP contribution in [0, 0.1) is 0 Å². The van der Waals surface area contributed by atoms with Crippen LogP contribution in [-0.2, 0) is 13.0 Å². The van der Waals surface area contributed by atoms with Crippen LogP contribution >= 0.6 is 12.2 Å². The van der Waals surface area contributed by atoms with Gasteiger partial charge in [-0.15, -0.1) is 0 Å². The molecule has 3 N–H and O–H groups in total. The van der Waals surface area contributed by atoms with Crippen LogP contribution in [0.25, 0.3) is 0 Å². The number of aromatic nitrogens is 3. The highest BCUT2D eigenvalue weighted by molar-refractivity contribution is 7.80. The number of aryl methyl sites for hydroxylation is 1. The van der Waals surface area contributed by atoms with Gasteiger partial charge in [-0.05, 0) is 0 Å². The van der Waals surface area contributed by atoms with Crippen LogP contribution < -0.4 is 11.1 Å². The summed E-state index contributed by atoms with van der Waals surface area (Å²) in [7, 11) is 0. The Morgan fingerprint density at radius 2 is 2.17 bits per heavy atom. The number of nitrogens with two attached hydrogens (primary N) is 1. The molecular formula is C11H13N5OS. The molecule has 6 nitrogen and oxygen atoms in total. The Hall–Kier alpha value is -2.02. The number of anilines is 1. The van der Waals surface area contributed by atoms with Crippen LogP contribution in [-0.4, -0.2) is 19.9 Å². The summed E-state index contributed by atoms with van der Waals surface area (Å²) in [5.74, 6) is 2.10. The molecule has 2 aromatic rings. The summed E-state index contributed by atoms with van der Waals surface area (Å²) in [6.45, 7) is 2.47. The van der Waals surface area contributed by atoms with E-state index in [9.17, 15) is 0 Å². The Morgan fingerprint density at radius 3 is 2.72 bits per heavy atom. The van der Waals surface area contributed by atoms with E-state index in [1.54, 1.807) is 12.4 Å². The first kappa shape index (κ1) is 12.4. The molecule has 2 aromatic heterocycles. The maximum atomic E-state index is 5.45. The van der Waals surface area contributed by atoms with E-state index in [1.165, 1.54) is 6.20 Å². The van der Waals surface area contributed by atoms with Gasteiger partial charge in [-0.2, -0.15) is 0 Å². The number of nitrogens with one attached hydrogen (secondary N) is 1. The Kier molecular flexibility index (Phi) is 3.83. The summed E-state index contributed by atoms with van der Waals surface area (Å²) in [6, 6.07) is 0. The second kappa shape index (κ2) is 5.54. The van der Waals surface area contributed by atoms with Gasteiger partial charge in [-0.3, -0.25) is 0 Å². The van der Waals surface area contributed by atoms with Crippen LogP contribution in [0.5, 0.6) is 0 Å². The summed E-state index contributed by atoms with van der Waals surface area (Å²) in [4.78, 5) is 12.6. The highest BCUT2D eigenvalue weighted by Gasteiger charge is 2.03. The first-order chi connectivity index (χ1) is 8.69. The minimum atomic E-state index is 0.231. The minimum absolute atomic E-state index is 0.231. The summed E-state index contributed by atoms with van der Waals surface area (Å²) in [6.07, 6.45) is 5.64. The second-order valence-electron chi connectivity index (χ2n) is 3.58. The van der Waals surface area contributed by atoms with Crippen LogP contribution in [0.15, 0.2) is 23.0 Å². The average molecular weight is 263 g/mol. The molecule has 2 rings (SSSR count). The van der Waals surface area contributed by atoms with E-state index in [0.717, 1.165) is 12.2 Å². The molecule has 0 aliphatic carbocycles. The molecule has 7 heteroatoms. The third kappa shape index (κ3) is 3.01. The maximum Gasteiger partial charge on any atom is 0.213 e. The maximum absolute atomic E-state index is 5.45. The fourth-order valence-electron chi connectivity index (χ4n) is 1.31. The topological polar surface area (TPSA) is 89.9 Å². The molecule has 0 aromatic carbocycles. The van der Waals surface area contributed by atoms with E-state index in [4.69, 9.17) is 22.4 Å². The van der Waals surface area contributed by atoms with Crippen molar-refractivity contribution in [3.8, 4) is 0 Å². The van der Waals surface area contributed by atoms with Crippen LogP contribution in [0.4, 0.5) is 5.82 Å². The van der Waals surface area contributed by atoms with Crippen molar-refractivity contribution in [2.24, 2.45) is 5.73 Å². The lowest BCUT2D eigenvalue weighted by Gasteiger charge is -2.03. The number of thiocarbonyl (C=S) groups is 1. The zero-order valence-corrected chi connectivity index (χ0v) is 10.7. The molecule has 2 heterocycles. The number of hydrogen-bond acceptors (Lipinski definition) is 6. The largest absolute Gasteiger partial charge is 0.444 e. The zero-order chi connectivity index (χ0) is 13.0. The fraction of sp³-hybridized carbons (Fsp3) is 0.273. The standard InChI is InChI=1S/C11H13N5OS/c1-2-7-3-16-10(17-7)6-15-9-5-13-8(4-14-9)11(12)18/h3-5H,2,6H2,1H3,(H2,12,18)(H,14,15). The van der Waals surface area contributed by atoms with Crippen molar-refractivity contribution < 1.29 is 4.42 Å². The Labute approximate surface area is 110 Å². The van der Waals surface area contributed by atoms with Gasteiger partial charge in [0.15, 0.2) is 0 Å². The molecule has 0 fully saturated rings. The lowest BCUT2D eigenvalue weighted by molar-refractivity contribution is 0.465. The van der Waals surface area contributed by atoms with Gasteiger partial charge in [0.25, 0.3) is 0 Å². The third-order valence-electron chi connectivity index (χ3n) is 2.27. The monoisotopic (exact) mass is 263 g/mol. The van der Waals surface area contributed by atoms with Gasteiger partial charge >= 0.3 is 0 Å². The summed E-state index contributed by atoms with van der Waals surface area (Å²) < 4.78 is 5.45. The van der Waals surface area contributed by atoms with Crippen molar-refractivity contribution in [3.63, 3.8) is 0 Å². The van der Waals surface area contributed by atoms with E-state index < -0.39 is 0 Å². The van der Waals surface area contributed by atoms with E-state index in [-0.39, 0.29) is 4.99 Å². The van der Waals surface area contributed by atoms with Crippen molar-refractivity contribution >= 4 is 23.0 Å². The van der Waals surface area contributed by atoms with Crippen molar-refractivity contribution in [1.29, 1.82) is 0 Å². The van der Waals surface area contributed by atoms with Gasteiger partial charge in [0.05, 0.1) is 25.1 Å². The highest BCUT2D eigenvalue weighted by atomic mass is 32.1. The van der Waals surface area contributed by atoms with Crippen molar-refractivity contribution in [2.75, 3.05) is 5.32 Å². The van der Waals surface area contributed by atoms with Crippen molar-refractivity contribution in [1.82, 2.24) is 15.0 Å². The average Bonchev–Trinajstić information content (AvgIpc) is 2.85. The number of nitrogens with zero attached hydrogens (tertiary/aromatic N) is 3. The second-order valence-corrected chi connectivity index (χ2v) is 4.02. The molecule has 18 heavy (non-hydrogen) atoms. The molecule has 0 saturated carbocycles. The molecular weight excluding hydrogens is 250 g/mol. The molecule has 0 atom stereocenters. The van der Waals surface area contributed by atoms with Gasteiger partial charge in [0, 0.05) is 6.42 Å². The Balaban J connectivity index is 1.95. The Bertz CT molecular complexity index is 537. The molecule has 0 bridgehead atoms. The molecule has 0 radical (unpaired) electrons. The molecule has 0 aliphatic heterocycles. The third-order valence-corrected chi connectivity index (χ3v) is 2.48. The van der Waals surface area contributed by atoms with Crippen LogP contribution in [0.1, 0.15) is 24.3 Å². The molecule has 0 aliphatic rings. The lowest BCUT2D eigenvalue weighted by atomic mass is 10.4. The molecule has 94 valence electrons. The molecule has 0 unspecified atom stereocenters. The highest BCUT2D eigenvalue weighted by Crippen LogP contribution is 2.07. The predicted molar refractivity (Wildman–Crippen MR) is 71.1 cm³/mol. The van der Waals surface area contributed by atoms with Gasteiger partial charge in [0.1, 0.15) is 22.3 Å². The van der Waals surface area contributed by atoms with Gasteiger partial charge in [0.2, 0.25) is 5.89 Å². The number of hydrogen-bond donors (Lipinski definition) is 2. The van der Waals surface area contributed by atoms with Gasteiger partial charge in [-0.1, -0.05) is 19.1 Å². The van der Waals surface area contributed by atoms with Crippen molar-refractivity contribution in [3.05, 3.63) is 35.9 Å². The van der Waals surface area contributed by atoms with Gasteiger partial charge < -0.3 is 15.5 Å². The predicted octanol–water partition coefficient (Wildman–Crippen LogP) is 1.27. The summed E-state index contributed by atoms with van der Waals surface area (Å²) in [5.41, 5.74) is 5.93. The Morgan fingerprint density at radius 1 is 1.33 bits per heavy atom. The zero-order valence-electron chi connectivity index (χ0n) is 9.88. The molecule has 0 amide bonds. The summed E-state index contributed by atoms with van der Waals surface area (Å²) in [5, 5.41) is 3.05. The smallest absolute Gasteiger partial charge is 0.213 e.